The lowest BCUT2D eigenvalue weighted by molar-refractivity contribution is -0.170. The molecule has 0 saturated heterocycles. The molecule has 2 aliphatic rings. The molecule has 2 rings (SSSR count). The lowest BCUT2D eigenvalue weighted by Gasteiger charge is -2.52. The van der Waals surface area contributed by atoms with Gasteiger partial charge in [-0.1, -0.05) is 13.8 Å². The SMILES string of the molecule is CC(C)[C@H]1CC[C@](C)(O)[C@@H]2CC[C@@](C)(O)C(=O)[C@H]12. The minimum absolute atomic E-state index is 0.0198. The second kappa shape index (κ2) is 4.31. The molecular weight excluding hydrogens is 228 g/mol. The molecule has 0 unspecified atom stereocenters. The van der Waals surface area contributed by atoms with Crippen LogP contribution in [-0.4, -0.2) is 27.2 Å². The summed E-state index contributed by atoms with van der Waals surface area (Å²) in [5.41, 5.74) is -1.94. The molecule has 2 fully saturated rings. The van der Waals surface area contributed by atoms with Crippen molar-refractivity contribution in [2.24, 2.45) is 23.7 Å². The standard InChI is InChI=1S/C15H26O3/c1-9(2)10-5-7-14(3,17)11-6-8-15(4,18)13(16)12(10)11/h9-12,17-18H,5-8H2,1-4H3/t10-,11-,12-,14+,15-/m1/s1. The van der Waals surface area contributed by atoms with Gasteiger partial charge in [0.25, 0.3) is 0 Å². The third-order valence-electron chi connectivity index (χ3n) is 5.31. The van der Waals surface area contributed by atoms with E-state index in [1.54, 1.807) is 6.92 Å². The van der Waals surface area contributed by atoms with Crippen molar-refractivity contribution >= 4 is 5.78 Å². The first kappa shape index (κ1) is 14.0. The van der Waals surface area contributed by atoms with E-state index < -0.39 is 11.2 Å². The normalized spacial score (nSPS) is 49.3. The zero-order chi connectivity index (χ0) is 13.7. The molecule has 0 amide bonds. The van der Waals surface area contributed by atoms with Crippen LogP contribution in [0, 0.1) is 23.7 Å². The molecule has 3 nitrogen and oxygen atoms in total. The van der Waals surface area contributed by atoms with Gasteiger partial charge in [0.15, 0.2) is 5.78 Å². The fourth-order valence-electron chi connectivity index (χ4n) is 4.04. The van der Waals surface area contributed by atoms with Gasteiger partial charge in [-0.05, 0) is 57.3 Å². The van der Waals surface area contributed by atoms with Crippen molar-refractivity contribution in [3.05, 3.63) is 0 Å². The summed E-state index contributed by atoms with van der Waals surface area (Å²) < 4.78 is 0. The van der Waals surface area contributed by atoms with E-state index in [-0.39, 0.29) is 17.6 Å². The highest BCUT2D eigenvalue weighted by atomic mass is 16.3. The molecule has 0 spiro atoms. The van der Waals surface area contributed by atoms with Crippen LogP contribution in [0.1, 0.15) is 53.4 Å². The zero-order valence-corrected chi connectivity index (χ0v) is 11.9. The summed E-state index contributed by atoms with van der Waals surface area (Å²) in [6.45, 7) is 7.76. The molecule has 5 atom stereocenters. The lowest BCUT2D eigenvalue weighted by atomic mass is 9.54. The number of hydrogen-bond donors (Lipinski definition) is 2. The monoisotopic (exact) mass is 254 g/mol. The Balaban J connectivity index is 2.35. The first-order valence-corrected chi connectivity index (χ1v) is 7.16. The molecule has 0 aromatic heterocycles. The minimum Gasteiger partial charge on any atom is -0.390 e. The third-order valence-corrected chi connectivity index (χ3v) is 5.31. The molecule has 0 aromatic rings. The maximum atomic E-state index is 12.5. The Hall–Kier alpha value is -0.410. The van der Waals surface area contributed by atoms with Gasteiger partial charge in [-0.25, -0.2) is 0 Å². The fourth-order valence-corrected chi connectivity index (χ4v) is 4.04. The van der Waals surface area contributed by atoms with Crippen LogP contribution in [-0.2, 0) is 4.79 Å². The number of carbonyl (C=O) groups excluding carboxylic acids is 1. The topological polar surface area (TPSA) is 57.5 Å². The Morgan fingerprint density at radius 3 is 2.33 bits per heavy atom. The van der Waals surface area contributed by atoms with Gasteiger partial charge in [0.05, 0.1) is 5.60 Å². The van der Waals surface area contributed by atoms with E-state index in [9.17, 15) is 15.0 Å². The summed E-state index contributed by atoms with van der Waals surface area (Å²) in [6.07, 6.45) is 2.88. The van der Waals surface area contributed by atoms with Crippen LogP contribution in [0.2, 0.25) is 0 Å². The first-order chi connectivity index (χ1) is 8.17. The first-order valence-electron chi connectivity index (χ1n) is 7.16. The summed E-state index contributed by atoms with van der Waals surface area (Å²) >= 11 is 0. The van der Waals surface area contributed by atoms with E-state index >= 15 is 0 Å². The summed E-state index contributed by atoms with van der Waals surface area (Å²) in [7, 11) is 0. The van der Waals surface area contributed by atoms with Gasteiger partial charge in [-0.15, -0.1) is 0 Å². The molecule has 104 valence electrons. The van der Waals surface area contributed by atoms with E-state index in [0.717, 1.165) is 19.3 Å². The zero-order valence-electron chi connectivity index (χ0n) is 11.9. The fraction of sp³-hybridized carbons (Fsp3) is 0.933. The van der Waals surface area contributed by atoms with Crippen molar-refractivity contribution in [3.8, 4) is 0 Å². The van der Waals surface area contributed by atoms with Crippen LogP contribution in [0.5, 0.6) is 0 Å². The molecule has 2 aliphatic carbocycles. The van der Waals surface area contributed by atoms with Gasteiger partial charge in [0.2, 0.25) is 0 Å². The van der Waals surface area contributed by atoms with Gasteiger partial charge >= 0.3 is 0 Å². The van der Waals surface area contributed by atoms with Crippen LogP contribution in [0.15, 0.2) is 0 Å². The number of carbonyl (C=O) groups is 1. The Bertz CT molecular complexity index is 344. The second-order valence-electron chi connectivity index (χ2n) is 7.11. The van der Waals surface area contributed by atoms with Gasteiger partial charge in [0.1, 0.15) is 5.60 Å². The molecule has 0 aromatic carbocycles. The quantitative estimate of drug-likeness (QED) is 0.754. The number of hydrogen-bond acceptors (Lipinski definition) is 3. The van der Waals surface area contributed by atoms with E-state index in [4.69, 9.17) is 0 Å². The smallest absolute Gasteiger partial charge is 0.167 e. The molecule has 18 heavy (non-hydrogen) atoms. The average Bonchev–Trinajstić information content (AvgIpc) is 2.23. The van der Waals surface area contributed by atoms with Crippen LogP contribution in [0.3, 0.4) is 0 Å². The van der Waals surface area contributed by atoms with Gasteiger partial charge in [-0.2, -0.15) is 0 Å². The minimum atomic E-state index is -1.19. The molecule has 0 aliphatic heterocycles. The summed E-state index contributed by atoms with van der Waals surface area (Å²) in [4.78, 5) is 12.5. The molecule has 3 heteroatoms. The van der Waals surface area contributed by atoms with Gasteiger partial charge in [0, 0.05) is 5.92 Å². The molecular formula is C15H26O3. The molecule has 0 heterocycles. The number of Topliss-reactive ketones (excluding diaryl/α,β-unsaturated/α-hetero) is 1. The number of aliphatic hydroxyl groups is 2. The van der Waals surface area contributed by atoms with Crippen molar-refractivity contribution in [3.63, 3.8) is 0 Å². The van der Waals surface area contributed by atoms with Crippen LogP contribution < -0.4 is 0 Å². The summed E-state index contributed by atoms with van der Waals surface area (Å²) in [6, 6.07) is 0. The van der Waals surface area contributed by atoms with Crippen LogP contribution in [0.25, 0.3) is 0 Å². The summed E-state index contributed by atoms with van der Waals surface area (Å²) in [5, 5.41) is 20.7. The van der Waals surface area contributed by atoms with Crippen molar-refractivity contribution in [2.45, 2.75) is 64.6 Å². The highest BCUT2D eigenvalue weighted by molar-refractivity contribution is 5.90. The number of fused-ring (bicyclic) bond motifs is 1. The maximum absolute atomic E-state index is 12.5. The average molecular weight is 254 g/mol. The Morgan fingerprint density at radius 1 is 1.17 bits per heavy atom. The predicted octanol–water partition coefficient (Wildman–Crippen LogP) is 2.15. The number of ketones is 1. The molecule has 2 N–H and O–H groups in total. The van der Waals surface area contributed by atoms with Crippen molar-refractivity contribution < 1.29 is 15.0 Å². The Morgan fingerprint density at radius 2 is 1.78 bits per heavy atom. The molecule has 2 saturated carbocycles. The van der Waals surface area contributed by atoms with E-state index in [1.165, 1.54) is 0 Å². The van der Waals surface area contributed by atoms with E-state index in [0.29, 0.717) is 18.3 Å². The highest BCUT2D eigenvalue weighted by Gasteiger charge is 2.55. The Labute approximate surface area is 110 Å². The van der Waals surface area contributed by atoms with Crippen molar-refractivity contribution in [1.29, 1.82) is 0 Å². The largest absolute Gasteiger partial charge is 0.390 e. The third kappa shape index (κ3) is 2.12. The second-order valence-corrected chi connectivity index (χ2v) is 7.11. The van der Waals surface area contributed by atoms with E-state index in [1.807, 2.05) is 6.92 Å². The predicted molar refractivity (Wildman–Crippen MR) is 70.0 cm³/mol. The molecule has 0 radical (unpaired) electrons. The van der Waals surface area contributed by atoms with Crippen molar-refractivity contribution in [1.82, 2.24) is 0 Å². The van der Waals surface area contributed by atoms with Crippen LogP contribution in [0.4, 0.5) is 0 Å². The Kier molecular flexibility index (Phi) is 3.35. The summed E-state index contributed by atoms with van der Waals surface area (Å²) in [5.74, 6) is 0.530. The number of rotatable bonds is 1. The lowest BCUT2D eigenvalue weighted by Crippen LogP contribution is -2.58. The van der Waals surface area contributed by atoms with Crippen molar-refractivity contribution in [2.75, 3.05) is 0 Å². The van der Waals surface area contributed by atoms with Gasteiger partial charge < -0.3 is 10.2 Å². The maximum Gasteiger partial charge on any atom is 0.167 e. The van der Waals surface area contributed by atoms with Crippen LogP contribution >= 0.6 is 0 Å². The molecule has 0 bridgehead atoms. The van der Waals surface area contributed by atoms with E-state index in [2.05, 4.69) is 13.8 Å². The highest BCUT2D eigenvalue weighted by Crippen LogP contribution is 2.51. The van der Waals surface area contributed by atoms with Gasteiger partial charge in [-0.3, -0.25) is 4.79 Å².